The largest absolute Gasteiger partial charge is 0.494 e. The first kappa shape index (κ1) is 20.8. The number of hydrogen-bond acceptors (Lipinski definition) is 3. The van der Waals surface area contributed by atoms with Crippen LogP contribution in [0.25, 0.3) is 0 Å². The smallest absolute Gasteiger partial charge is 0.191 e. The molecule has 6 nitrogen and oxygen atoms in total. The molecule has 0 aliphatic rings. The molecule has 148 valence electrons. The third-order valence-electron chi connectivity index (χ3n) is 4.61. The molecule has 0 saturated carbocycles. The van der Waals surface area contributed by atoms with E-state index in [1.165, 1.54) is 11.3 Å². The average Bonchev–Trinajstić information content (AvgIpc) is 2.89. The highest BCUT2D eigenvalue weighted by Crippen LogP contribution is 2.15. The second-order valence-corrected chi connectivity index (χ2v) is 6.94. The Labute approximate surface area is 163 Å². The van der Waals surface area contributed by atoms with Gasteiger partial charge in [-0.1, -0.05) is 19.1 Å². The molecule has 1 heterocycles. The van der Waals surface area contributed by atoms with Crippen LogP contribution in [0.2, 0.25) is 0 Å². The maximum absolute atomic E-state index is 5.70. The zero-order chi connectivity index (χ0) is 19.8. The molecule has 1 unspecified atom stereocenters. The third kappa shape index (κ3) is 6.01. The van der Waals surface area contributed by atoms with Crippen LogP contribution in [-0.4, -0.2) is 35.4 Å². The second kappa shape index (κ2) is 10.00. The van der Waals surface area contributed by atoms with Crippen LogP contribution in [0.4, 0.5) is 0 Å². The van der Waals surface area contributed by atoms with Crippen molar-refractivity contribution in [2.45, 2.75) is 53.1 Å². The van der Waals surface area contributed by atoms with Crippen LogP contribution in [0.1, 0.15) is 42.8 Å². The minimum Gasteiger partial charge on any atom is -0.494 e. The van der Waals surface area contributed by atoms with Crippen molar-refractivity contribution < 1.29 is 4.74 Å². The maximum atomic E-state index is 5.70. The first-order valence-corrected chi connectivity index (χ1v) is 9.62. The predicted octanol–water partition coefficient (Wildman–Crippen LogP) is 3.12. The van der Waals surface area contributed by atoms with E-state index in [1.807, 2.05) is 23.9 Å². The Morgan fingerprint density at radius 1 is 1.33 bits per heavy atom. The van der Waals surface area contributed by atoms with Gasteiger partial charge in [0.1, 0.15) is 5.75 Å². The third-order valence-corrected chi connectivity index (χ3v) is 4.61. The molecule has 27 heavy (non-hydrogen) atoms. The standard InChI is InChI=1S/C21H33N5O/c1-7-11-27-19-10-8-9-18(13-19)14-23-21(22-5)24-15(2)12-20-16(3)25-26(6)17(20)4/h8-10,13,15H,7,11-12,14H2,1-6H3,(H2,22,23,24). The summed E-state index contributed by atoms with van der Waals surface area (Å²) >= 11 is 0. The van der Waals surface area contributed by atoms with Crippen LogP contribution in [0.15, 0.2) is 29.3 Å². The van der Waals surface area contributed by atoms with Gasteiger partial charge in [0.2, 0.25) is 0 Å². The van der Waals surface area contributed by atoms with E-state index in [9.17, 15) is 0 Å². The Balaban J connectivity index is 1.90. The number of aromatic nitrogens is 2. The molecule has 0 saturated heterocycles. The van der Waals surface area contributed by atoms with Crippen molar-refractivity contribution in [2.75, 3.05) is 13.7 Å². The van der Waals surface area contributed by atoms with Gasteiger partial charge in [-0.2, -0.15) is 5.10 Å². The van der Waals surface area contributed by atoms with E-state index < -0.39 is 0 Å². The van der Waals surface area contributed by atoms with Crippen LogP contribution in [-0.2, 0) is 20.0 Å². The Morgan fingerprint density at radius 3 is 2.74 bits per heavy atom. The summed E-state index contributed by atoms with van der Waals surface area (Å²) in [5.41, 5.74) is 4.77. The molecule has 0 amide bonds. The highest BCUT2D eigenvalue weighted by molar-refractivity contribution is 5.79. The topological polar surface area (TPSA) is 63.5 Å². The van der Waals surface area contributed by atoms with Gasteiger partial charge in [-0.15, -0.1) is 0 Å². The van der Waals surface area contributed by atoms with Gasteiger partial charge >= 0.3 is 0 Å². The number of aliphatic imine (C=N–C) groups is 1. The maximum Gasteiger partial charge on any atom is 0.191 e. The van der Waals surface area contributed by atoms with Crippen molar-refractivity contribution in [3.8, 4) is 5.75 Å². The summed E-state index contributed by atoms with van der Waals surface area (Å²) in [6.07, 6.45) is 1.92. The SMILES string of the molecule is CCCOc1cccc(CNC(=NC)NC(C)Cc2c(C)nn(C)c2C)c1. The van der Waals surface area contributed by atoms with E-state index in [0.29, 0.717) is 6.54 Å². The monoisotopic (exact) mass is 371 g/mol. The Hall–Kier alpha value is -2.50. The Kier molecular flexibility index (Phi) is 7.70. The molecule has 1 atom stereocenters. The lowest BCUT2D eigenvalue weighted by Crippen LogP contribution is -2.42. The van der Waals surface area contributed by atoms with Crippen molar-refractivity contribution in [3.05, 3.63) is 46.8 Å². The zero-order valence-electron chi connectivity index (χ0n) is 17.5. The van der Waals surface area contributed by atoms with Crippen LogP contribution in [0.5, 0.6) is 5.75 Å². The van der Waals surface area contributed by atoms with Gasteiger partial charge in [0, 0.05) is 32.4 Å². The summed E-state index contributed by atoms with van der Waals surface area (Å²) in [5, 5.41) is 11.4. The van der Waals surface area contributed by atoms with Crippen LogP contribution in [0, 0.1) is 13.8 Å². The van der Waals surface area contributed by atoms with Crippen molar-refractivity contribution in [2.24, 2.45) is 12.0 Å². The van der Waals surface area contributed by atoms with E-state index >= 15 is 0 Å². The normalized spacial score (nSPS) is 12.7. The van der Waals surface area contributed by atoms with E-state index in [4.69, 9.17) is 4.74 Å². The van der Waals surface area contributed by atoms with Gasteiger partial charge in [0.05, 0.1) is 12.3 Å². The summed E-state index contributed by atoms with van der Waals surface area (Å²) in [5.74, 6) is 1.71. The summed E-state index contributed by atoms with van der Waals surface area (Å²) in [7, 11) is 3.78. The van der Waals surface area contributed by atoms with Crippen LogP contribution in [0.3, 0.4) is 0 Å². The number of aryl methyl sites for hydroxylation is 2. The predicted molar refractivity (Wildman–Crippen MR) is 111 cm³/mol. The number of benzene rings is 1. The van der Waals surface area contributed by atoms with E-state index in [-0.39, 0.29) is 6.04 Å². The van der Waals surface area contributed by atoms with Crippen LogP contribution < -0.4 is 15.4 Å². The fourth-order valence-electron chi connectivity index (χ4n) is 3.05. The molecule has 1 aromatic carbocycles. The highest BCUT2D eigenvalue weighted by atomic mass is 16.5. The van der Waals surface area contributed by atoms with Crippen molar-refractivity contribution in [1.82, 2.24) is 20.4 Å². The molecule has 0 radical (unpaired) electrons. The number of rotatable bonds is 8. The highest BCUT2D eigenvalue weighted by Gasteiger charge is 2.14. The molecule has 0 spiro atoms. The molecule has 0 aliphatic heterocycles. The lowest BCUT2D eigenvalue weighted by atomic mass is 10.1. The molecule has 1 aromatic heterocycles. The second-order valence-electron chi connectivity index (χ2n) is 6.94. The molecule has 2 aromatic rings. The number of nitrogens with zero attached hydrogens (tertiary/aromatic N) is 3. The minimum absolute atomic E-state index is 0.247. The molecule has 2 N–H and O–H groups in total. The first-order valence-electron chi connectivity index (χ1n) is 9.62. The van der Waals surface area contributed by atoms with Gasteiger partial charge in [-0.25, -0.2) is 0 Å². The fraction of sp³-hybridized carbons (Fsp3) is 0.524. The summed E-state index contributed by atoms with van der Waals surface area (Å²) < 4.78 is 7.65. The summed E-state index contributed by atoms with van der Waals surface area (Å²) in [6, 6.07) is 8.42. The molecule has 6 heteroatoms. The van der Waals surface area contributed by atoms with Gasteiger partial charge in [-0.3, -0.25) is 9.67 Å². The lowest BCUT2D eigenvalue weighted by Gasteiger charge is -2.18. The minimum atomic E-state index is 0.247. The first-order chi connectivity index (χ1) is 12.9. The molecule has 0 fully saturated rings. The van der Waals surface area contributed by atoms with Gasteiger partial charge in [-0.05, 0) is 56.9 Å². The number of nitrogens with one attached hydrogen (secondary N) is 2. The number of hydrogen-bond donors (Lipinski definition) is 2. The molecular formula is C21H33N5O. The quantitative estimate of drug-likeness (QED) is 0.553. The number of ether oxygens (including phenoxy) is 1. The van der Waals surface area contributed by atoms with Crippen molar-refractivity contribution in [3.63, 3.8) is 0 Å². The van der Waals surface area contributed by atoms with Gasteiger partial charge < -0.3 is 15.4 Å². The fourth-order valence-corrected chi connectivity index (χ4v) is 3.05. The van der Waals surface area contributed by atoms with Gasteiger partial charge in [0.25, 0.3) is 0 Å². The summed E-state index contributed by atoms with van der Waals surface area (Å²) in [6.45, 7) is 9.89. The molecular weight excluding hydrogens is 338 g/mol. The molecule has 0 bridgehead atoms. The zero-order valence-corrected chi connectivity index (χ0v) is 17.5. The van der Waals surface area contributed by atoms with E-state index in [1.54, 1.807) is 7.05 Å². The molecule has 0 aliphatic carbocycles. The average molecular weight is 372 g/mol. The van der Waals surface area contributed by atoms with E-state index in [0.717, 1.165) is 42.4 Å². The van der Waals surface area contributed by atoms with Crippen molar-refractivity contribution in [1.29, 1.82) is 0 Å². The Bertz CT molecular complexity index is 766. The molecule has 2 rings (SSSR count). The van der Waals surface area contributed by atoms with Crippen LogP contribution >= 0.6 is 0 Å². The van der Waals surface area contributed by atoms with Gasteiger partial charge in [0.15, 0.2) is 5.96 Å². The summed E-state index contributed by atoms with van der Waals surface area (Å²) in [4.78, 5) is 4.35. The Morgan fingerprint density at radius 2 is 2.11 bits per heavy atom. The van der Waals surface area contributed by atoms with E-state index in [2.05, 4.69) is 60.6 Å². The lowest BCUT2D eigenvalue weighted by molar-refractivity contribution is 0.317. The van der Waals surface area contributed by atoms with Crippen molar-refractivity contribution >= 4 is 5.96 Å². The number of guanidine groups is 1.